The van der Waals surface area contributed by atoms with Crippen LogP contribution in [-0.4, -0.2) is 11.1 Å². The summed E-state index contributed by atoms with van der Waals surface area (Å²) in [7, 11) is 0. The van der Waals surface area contributed by atoms with E-state index in [0.717, 1.165) is 0 Å². The van der Waals surface area contributed by atoms with E-state index in [0.29, 0.717) is 16.7 Å². The van der Waals surface area contributed by atoms with Crippen molar-refractivity contribution in [2.75, 3.05) is 0 Å². The Morgan fingerprint density at radius 1 is 0.778 bits per heavy atom. The minimum Gasteiger partial charge on any atom is -0.481 e. The van der Waals surface area contributed by atoms with Crippen LogP contribution in [0.4, 0.5) is 4.39 Å². The van der Waals surface area contributed by atoms with Gasteiger partial charge in [-0.3, -0.25) is 4.79 Å². The molecule has 0 radical (unpaired) electrons. The van der Waals surface area contributed by atoms with Crippen molar-refractivity contribution in [2.45, 2.75) is 25.4 Å². The Balaban J connectivity index is 2.26. The lowest BCUT2D eigenvalue weighted by atomic mass is 9.60. The van der Waals surface area contributed by atoms with Crippen LogP contribution in [0, 0.1) is 5.41 Å². The highest BCUT2D eigenvalue weighted by atomic mass is 19.1. The second kappa shape index (κ2) is 7.36. The zero-order chi connectivity index (χ0) is 19.5. The smallest absolute Gasteiger partial charge is 0.311 e. The lowest BCUT2D eigenvalue weighted by Gasteiger charge is -2.45. The lowest BCUT2D eigenvalue weighted by molar-refractivity contribution is -0.145. The summed E-state index contributed by atoms with van der Waals surface area (Å²) in [5.74, 6) is -2.07. The highest BCUT2D eigenvalue weighted by Crippen LogP contribution is 2.55. The maximum absolute atomic E-state index is 17.1. The van der Waals surface area contributed by atoms with Crippen LogP contribution in [0.5, 0.6) is 0 Å². The second-order valence-corrected chi connectivity index (χ2v) is 7.29. The summed E-state index contributed by atoms with van der Waals surface area (Å²) in [5.41, 5.74) is -1.77. The number of rotatable bonds is 6. The summed E-state index contributed by atoms with van der Waals surface area (Å²) in [6.45, 7) is 3.39. The molecule has 0 aliphatic rings. The Morgan fingerprint density at radius 2 is 1.15 bits per heavy atom. The number of carbonyl (C=O) groups is 1. The van der Waals surface area contributed by atoms with Gasteiger partial charge in [-0.25, -0.2) is 4.39 Å². The van der Waals surface area contributed by atoms with Crippen LogP contribution in [0.25, 0.3) is 0 Å². The number of benzene rings is 3. The molecule has 0 amide bonds. The third-order valence-electron chi connectivity index (χ3n) is 5.33. The first-order valence-corrected chi connectivity index (χ1v) is 8.96. The van der Waals surface area contributed by atoms with E-state index in [1.54, 1.807) is 86.6 Å². The van der Waals surface area contributed by atoms with Crippen molar-refractivity contribution in [3.05, 3.63) is 108 Å². The molecule has 0 spiro atoms. The normalized spacial score (nSPS) is 13.1. The fraction of sp³-hybridized carbons (Fsp3) is 0.208. The van der Waals surface area contributed by atoms with Crippen LogP contribution in [-0.2, 0) is 10.5 Å². The first-order valence-electron chi connectivity index (χ1n) is 8.96. The minimum absolute atomic E-state index is 0.448. The van der Waals surface area contributed by atoms with Crippen molar-refractivity contribution in [1.29, 1.82) is 0 Å². The molecular weight excluding hydrogens is 339 g/mol. The van der Waals surface area contributed by atoms with E-state index in [2.05, 4.69) is 0 Å². The van der Waals surface area contributed by atoms with E-state index in [4.69, 9.17) is 0 Å². The van der Waals surface area contributed by atoms with Gasteiger partial charge in [0.05, 0.1) is 5.92 Å². The average molecular weight is 362 g/mol. The molecule has 3 aromatic rings. The van der Waals surface area contributed by atoms with Crippen molar-refractivity contribution in [3.8, 4) is 0 Å². The molecule has 3 aromatic carbocycles. The molecule has 2 nitrogen and oxygen atoms in total. The highest BCUT2D eigenvalue weighted by molar-refractivity contribution is 5.78. The summed E-state index contributed by atoms with van der Waals surface area (Å²) in [5, 5.41) is 10.1. The molecule has 1 unspecified atom stereocenters. The lowest BCUT2D eigenvalue weighted by Crippen LogP contribution is -2.46. The van der Waals surface area contributed by atoms with Crippen LogP contribution < -0.4 is 0 Å². The maximum atomic E-state index is 17.1. The molecule has 0 saturated carbocycles. The number of halogens is 1. The van der Waals surface area contributed by atoms with Gasteiger partial charge in [0.15, 0.2) is 5.67 Å². The van der Waals surface area contributed by atoms with E-state index in [-0.39, 0.29) is 0 Å². The molecule has 1 N–H and O–H groups in total. The van der Waals surface area contributed by atoms with Gasteiger partial charge in [0.1, 0.15) is 0 Å². The van der Waals surface area contributed by atoms with Gasteiger partial charge in [-0.15, -0.1) is 0 Å². The van der Waals surface area contributed by atoms with Gasteiger partial charge in [0.2, 0.25) is 0 Å². The van der Waals surface area contributed by atoms with Gasteiger partial charge in [-0.1, -0.05) is 105 Å². The number of carboxylic acids is 1. The maximum Gasteiger partial charge on any atom is 0.311 e. The van der Waals surface area contributed by atoms with Crippen molar-refractivity contribution in [2.24, 2.45) is 5.41 Å². The Labute approximate surface area is 159 Å². The molecule has 0 heterocycles. The van der Waals surface area contributed by atoms with Crippen LogP contribution in [0.3, 0.4) is 0 Å². The van der Waals surface area contributed by atoms with Crippen molar-refractivity contribution >= 4 is 5.97 Å². The van der Waals surface area contributed by atoms with Crippen molar-refractivity contribution < 1.29 is 14.3 Å². The standard InChI is InChI=1S/C24H23FO2/c1-23(2,21(22(26)27)18-12-6-3-7-13-18)24(25,19-14-8-4-9-15-19)20-16-10-5-11-17-20/h3-17,21H,1-2H3,(H,26,27). The van der Waals surface area contributed by atoms with E-state index in [9.17, 15) is 9.90 Å². The summed E-state index contributed by atoms with van der Waals surface area (Å²) in [4.78, 5) is 12.3. The fourth-order valence-corrected chi connectivity index (χ4v) is 3.96. The molecule has 3 heteroatoms. The Hall–Kier alpha value is -2.94. The SMILES string of the molecule is CC(C)(C(C(=O)O)c1ccccc1)C(F)(c1ccccc1)c1ccccc1. The van der Waals surface area contributed by atoms with Crippen molar-refractivity contribution in [1.82, 2.24) is 0 Å². The van der Waals surface area contributed by atoms with Gasteiger partial charge in [0.25, 0.3) is 0 Å². The first-order chi connectivity index (χ1) is 12.9. The molecule has 0 aliphatic carbocycles. The third-order valence-corrected chi connectivity index (χ3v) is 5.33. The average Bonchev–Trinajstić information content (AvgIpc) is 2.69. The van der Waals surface area contributed by atoms with E-state index < -0.39 is 23.0 Å². The van der Waals surface area contributed by atoms with Crippen LogP contribution in [0.2, 0.25) is 0 Å². The van der Waals surface area contributed by atoms with E-state index >= 15 is 4.39 Å². The third kappa shape index (κ3) is 3.25. The zero-order valence-corrected chi connectivity index (χ0v) is 15.5. The number of hydrogen-bond acceptors (Lipinski definition) is 1. The number of alkyl halides is 1. The molecule has 0 fully saturated rings. The van der Waals surface area contributed by atoms with Gasteiger partial charge in [-0.05, 0) is 16.7 Å². The first kappa shape index (κ1) is 18.8. The van der Waals surface area contributed by atoms with Gasteiger partial charge in [0, 0.05) is 5.41 Å². The molecule has 27 heavy (non-hydrogen) atoms. The predicted molar refractivity (Wildman–Crippen MR) is 105 cm³/mol. The second-order valence-electron chi connectivity index (χ2n) is 7.29. The van der Waals surface area contributed by atoms with Gasteiger partial charge < -0.3 is 5.11 Å². The number of carboxylic acid groups (broad SMARTS) is 1. The summed E-state index contributed by atoms with van der Waals surface area (Å²) < 4.78 is 17.1. The molecule has 138 valence electrons. The van der Waals surface area contributed by atoms with Crippen LogP contribution in [0.15, 0.2) is 91.0 Å². The molecule has 0 saturated heterocycles. The van der Waals surface area contributed by atoms with E-state index in [1.165, 1.54) is 0 Å². The molecule has 1 atom stereocenters. The molecular formula is C24H23FO2. The Bertz CT molecular complexity index is 850. The number of aliphatic carboxylic acids is 1. The summed E-state index contributed by atoms with van der Waals surface area (Å²) in [6.07, 6.45) is 0. The molecule has 0 aliphatic heterocycles. The quantitative estimate of drug-likeness (QED) is 0.602. The molecule has 0 bridgehead atoms. The Kier molecular flexibility index (Phi) is 5.13. The number of hydrogen-bond donors (Lipinski definition) is 1. The van der Waals surface area contributed by atoms with Gasteiger partial charge >= 0.3 is 5.97 Å². The molecule has 3 rings (SSSR count). The monoisotopic (exact) mass is 362 g/mol. The Morgan fingerprint density at radius 3 is 1.52 bits per heavy atom. The van der Waals surface area contributed by atoms with Crippen LogP contribution in [0.1, 0.15) is 36.5 Å². The largest absolute Gasteiger partial charge is 0.481 e. The van der Waals surface area contributed by atoms with Crippen molar-refractivity contribution in [3.63, 3.8) is 0 Å². The predicted octanol–water partition coefficient (Wildman–Crippen LogP) is 5.79. The van der Waals surface area contributed by atoms with Crippen LogP contribution >= 0.6 is 0 Å². The van der Waals surface area contributed by atoms with Gasteiger partial charge in [-0.2, -0.15) is 0 Å². The fourth-order valence-electron chi connectivity index (χ4n) is 3.96. The summed E-state index contributed by atoms with van der Waals surface area (Å²) in [6, 6.07) is 26.5. The summed E-state index contributed by atoms with van der Waals surface area (Å²) >= 11 is 0. The van der Waals surface area contributed by atoms with E-state index in [1.807, 2.05) is 18.2 Å². The molecule has 0 aromatic heterocycles. The topological polar surface area (TPSA) is 37.3 Å². The highest BCUT2D eigenvalue weighted by Gasteiger charge is 2.55. The minimum atomic E-state index is -1.99. The zero-order valence-electron chi connectivity index (χ0n) is 15.5.